The number of rotatable bonds is 7. The van der Waals surface area contributed by atoms with E-state index in [1.54, 1.807) is 11.3 Å². The molecule has 0 spiro atoms. The van der Waals surface area contributed by atoms with Crippen LogP contribution >= 0.6 is 11.3 Å². The highest BCUT2D eigenvalue weighted by Crippen LogP contribution is 2.34. The van der Waals surface area contributed by atoms with Crippen molar-refractivity contribution in [2.24, 2.45) is 0 Å². The molecule has 0 saturated heterocycles. The van der Waals surface area contributed by atoms with Crippen LogP contribution in [0.15, 0.2) is 30.3 Å². The fraction of sp³-hybridized carbons (Fsp3) is 0.391. The Bertz CT molecular complexity index is 1080. The number of carbonyl (C=O) groups excluding carboxylic acids is 1. The van der Waals surface area contributed by atoms with Crippen LogP contribution in [0.3, 0.4) is 0 Å². The highest BCUT2D eigenvalue weighted by Gasteiger charge is 2.22. The Morgan fingerprint density at radius 2 is 1.90 bits per heavy atom. The van der Waals surface area contributed by atoms with Crippen molar-refractivity contribution < 1.29 is 14.3 Å². The van der Waals surface area contributed by atoms with Gasteiger partial charge in [0.05, 0.1) is 16.6 Å². The summed E-state index contributed by atoms with van der Waals surface area (Å²) in [6, 6.07) is 9.96. The van der Waals surface area contributed by atoms with E-state index in [1.807, 2.05) is 37.2 Å². The van der Waals surface area contributed by atoms with Crippen LogP contribution in [-0.2, 0) is 11.2 Å². The van der Waals surface area contributed by atoms with E-state index in [4.69, 9.17) is 14.5 Å². The van der Waals surface area contributed by atoms with Crippen molar-refractivity contribution in [3.05, 3.63) is 47.0 Å². The maximum absolute atomic E-state index is 13.3. The topological polar surface area (TPSA) is 54.9 Å². The molecular weight excluding hydrogens is 398 g/mol. The maximum atomic E-state index is 13.3. The molecule has 0 unspecified atom stereocenters. The van der Waals surface area contributed by atoms with Gasteiger partial charge < -0.3 is 14.4 Å². The Hall–Kier alpha value is -2.64. The van der Waals surface area contributed by atoms with Crippen molar-refractivity contribution in [2.75, 3.05) is 38.9 Å². The molecule has 158 valence electrons. The van der Waals surface area contributed by atoms with E-state index in [9.17, 15) is 4.79 Å². The van der Waals surface area contributed by atoms with Gasteiger partial charge in [0.15, 0.2) is 16.6 Å². The third kappa shape index (κ3) is 4.42. The van der Waals surface area contributed by atoms with Crippen molar-refractivity contribution in [1.29, 1.82) is 0 Å². The molecule has 7 heteroatoms. The van der Waals surface area contributed by atoms with E-state index in [0.717, 1.165) is 45.2 Å². The minimum Gasteiger partial charge on any atom is -0.454 e. The van der Waals surface area contributed by atoms with Crippen LogP contribution in [0, 0.1) is 13.8 Å². The molecule has 0 bridgehead atoms. The number of carbonyl (C=O) groups is 1. The Balaban J connectivity index is 1.60. The number of aromatic nitrogens is 1. The first-order valence-corrected chi connectivity index (χ1v) is 10.9. The third-order valence-electron chi connectivity index (χ3n) is 5.13. The quantitative estimate of drug-likeness (QED) is 0.569. The Labute approximate surface area is 181 Å². The minimum absolute atomic E-state index is 0.0426. The molecule has 0 N–H and O–H groups in total. The molecule has 2 heterocycles. The summed E-state index contributed by atoms with van der Waals surface area (Å²) in [5, 5.41) is 0.767. The van der Waals surface area contributed by atoms with Gasteiger partial charge in [-0.15, -0.1) is 0 Å². The van der Waals surface area contributed by atoms with Gasteiger partial charge in [-0.3, -0.25) is 9.69 Å². The second-order valence-electron chi connectivity index (χ2n) is 7.99. The molecule has 0 radical (unpaired) electrons. The van der Waals surface area contributed by atoms with Crippen LogP contribution in [0.4, 0.5) is 5.13 Å². The minimum atomic E-state index is 0.0426. The van der Waals surface area contributed by atoms with Crippen molar-refractivity contribution in [1.82, 2.24) is 9.88 Å². The summed E-state index contributed by atoms with van der Waals surface area (Å²) in [6.07, 6.45) is 1.18. The predicted octanol–water partition coefficient (Wildman–Crippen LogP) is 4.17. The van der Waals surface area contributed by atoms with Gasteiger partial charge in [0.2, 0.25) is 12.7 Å². The first kappa shape index (κ1) is 20.6. The zero-order valence-electron chi connectivity index (χ0n) is 17.9. The largest absolute Gasteiger partial charge is 0.454 e. The van der Waals surface area contributed by atoms with Crippen molar-refractivity contribution in [3.63, 3.8) is 0 Å². The van der Waals surface area contributed by atoms with E-state index >= 15 is 0 Å². The Morgan fingerprint density at radius 3 is 2.70 bits per heavy atom. The Kier molecular flexibility index (Phi) is 5.92. The third-order valence-corrected chi connectivity index (χ3v) is 6.16. The first-order chi connectivity index (χ1) is 14.4. The van der Waals surface area contributed by atoms with E-state index in [1.165, 1.54) is 5.56 Å². The van der Waals surface area contributed by atoms with E-state index in [0.29, 0.717) is 18.7 Å². The standard InChI is InChI=1S/C23H27N3O3S/c1-15-10-16(2)22-20(11-15)30-23(24-22)26(9-5-8-25(3)4)21(27)13-17-6-7-18-19(12-17)29-14-28-18/h6-7,10-12H,5,8-9,13-14H2,1-4H3. The average Bonchev–Trinajstić information content (AvgIpc) is 3.31. The van der Waals surface area contributed by atoms with Crippen LogP contribution in [0.1, 0.15) is 23.1 Å². The zero-order valence-corrected chi connectivity index (χ0v) is 18.7. The van der Waals surface area contributed by atoms with Gasteiger partial charge in [-0.05, 0) is 75.8 Å². The fourth-order valence-electron chi connectivity index (χ4n) is 3.67. The normalized spacial score (nSPS) is 12.7. The summed E-state index contributed by atoms with van der Waals surface area (Å²) in [5.74, 6) is 1.47. The number of ether oxygens (including phenoxy) is 2. The van der Waals surface area contributed by atoms with Crippen LogP contribution < -0.4 is 14.4 Å². The number of aryl methyl sites for hydroxylation is 2. The number of nitrogens with zero attached hydrogens (tertiary/aromatic N) is 3. The van der Waals surface area contributed by atoms with Crippen LogP contribution in [0.5, 0.6) is 11.5 Å². The number of benzene rings is 2. The Morgan fingerprint density at radius 1 is 1.10 bits per heavy atom. The lowest BCUT2D eigenvalue weighted by Gasteiger charge is -2.21. The molecule has 0 saturated carbocycles. The smallest absolute Gasteiger partial charge is 0.233 e. The number of hydrogen-bond donors (Lipinski definition) is 0. The van der Waals surface area contributed by atoms with E-state index in [2.05, 4.69) is 30.9 Å². The fourth-order valence-corrected chi connectivity index (χ4v) is 4.85. The summed E-state index contributed by atoms with van der Waals surface area (Å²) in [4.78, 5) is 22.1. The molecule has 4 rings (SSSR count). The molecule has 0 atom stereocenters. The number of amides is 1. The van der Waals surface area contributed by atoms with Gasteiger partial charge in [-0.2, -0.15) is 0 Å². The van der Waals surface area contributed by atoms with Gasteiger partial charge >= 0.3 is 0 Å². The molecule has 1 aromatic heterocycles. The molecule has 1 aliphatic heterocycles. The van der Waals surface area contributed by atoms with Crippen molar-refractivity contribution in [2.45, 2.75) is 26.7 Å². The van der Waals surface area contributed by atoms with Crippen molar-refractivity contribution in [3.8, 4) is 11.5 Å². The lowest BCUT2D eigenvalue weighted by Crippen LogP contribution is -2.34. The summed E-state index contributed by atoms with van der Waals surface area (Å²) in [7, 11) is 4.09. The number of anilines is 1. The van der Waals surface area contributed by atoms with Crippen LogP contribution in [-0.4, -0.2) is 49.8 Å². The van der Waals surface area contributed by atoms with Gasteiger partial charge in [-0.1, -0.05) is 23.5 Å². The van der Waals surface area contributed by atoms with Gasteiger partial charge in [0.25, 0.3) is 0 Å². The van der Waals surface area contributed by atoms with E-state index < -0.39 is 0 Å². The molecule has 0 aliphatic carbocycles. The average molecular weight is 426 g/mol. The monoisotopic (exact) mass is 425 g/mol. The summed E-state index contributed by atoms with van der Waals surface area (Å²) >= 11 is 1.59. The van der Waals surface area contributed by atoms with Crippen molar-refractivity contribution >= 4 is 32.6 Å². The summed E-state index contributed by atoms with van der Waals surface area (Å²) < 4.78 is 12.0. The zero-order chi connectivity index (χ0) is 21.3. The number of hydrogen-bond acceptors (Lipinski definition) is 6. The number of thiazole rings is 1. The van der Waals surface area contributed by atoms with Gasteiger partial charge in [0, 0.05) is 6.54 Å². The van der Waals surface area contributed by atoms with Gasteiger partial charge in [0.1, 0.15) is 0 Å². The van der Waals surface area contributed by atoms with Gasteiger partial charge in [-0.25, -0.2) is 4.98 Å². The SMILES string of the molecule is Cc1cc(C)c2nc(N(CCCN(C)C)C(=O)Cc3ccc4c(c3)OCO4)sc2c1. The number of fused-ring (bicyclic) bond motifs is 2. The van der Waals surface area contributed by atoms with Crippen LogP contribution in [0.25, 0.3) is 10.2 Å². The molecule has 6 nitrogen and oxygen atoms in total. The molecule has 30 heavy (non-hydrogen) atoms. The van der Waals surface area contributed by atoms with E-state index in [-0.39, 0.29) is 12.7 Å². The molecule has 2 aromatic carbocycles. The lowest BCUT2D eigenvalue weighted by atomic mass is 10.1. The lowest BCUT2D eigenvalue weighted by molar-refractivity contribution is -0.118. The second-order valence-corrected chi connectivity index (χ2v) is 9.00. The molecular formula is C23H27N3O3S. The molecule has 0 fully saturated rings. The molecule has 1 amide bonds. The molecule has 3 aromatic rings. The highest BCUT2D eigenvalue weighted by molar-refractivity contribution is 7.22. The summed E-state index contributed by atoms with van der Waals surface area (Å²) in [6.45, 7) is 5.94. The second kappa shape index (κ2) is 8.62. The molecule has 1 aliphatic rings. The first-order valence-electron chi connectivity index (χ1n) is 10.1. The van der Waals surface area contributed by atoms with Crippen LogP contribution in [0.2, 0.25) is 0 Å². The predicted molar refractivity (Wildman–Crippen MR) is 121 cm³/mol. The maximum Gasteiger partial charge on any atom is 0.233 e. The highest BCUT2D eigenvalue weighted by atomic mass is 32.1. The summed E-state index contributed by atoms with van der Waals surface area (Å²) in [5.41, 5.74) is 4.24.